The molecule has 0 saturated carbocycles. The molecule has 1 aliphatic rings. The Morgan fingerprint density at radius 1 is 0.569 bits per heavy atom. The predicted octanol–water partition coefficient (Wildman–Crippen LogP) is 12.7. The van der Waals surface area contributed by atoms with E-state index in [-0.39, 0.29) is 16.2 Å². The standard InChI is InChI=1S/C49H51N2/c1-9-49(10-2)32-50-27-26-39(31-46(50)40-23-22-38(30-43(40)49)48(6,7)8)51-44-24-18-35(33-14-12-11-13-15-33)28-41(44)42-29-36(19-25-45(42)51)34-16-20-37(21-17-34)47(3,4)5/h11-31H,9-10,32H2,1-8H3/q+1. The van der Waals surface area contributed by atoms with Gasteiger partial charge in [0.05, 0.1) is 27.7 Å². The van der Waals surface area contributed by atoms with Crippen LogP contribution in [0.15, 0.2) is 128 Å². The molecule has 1 aliphatic heterocycles. The number of fused-ring (bicyclic) bond motifs is 6. The van der Waals surface area contributed by atoms with E-state index < -0.39 is 0 Å². The molecule has 0 bridgehead atoms. The minimum absolute atomic E-state index is 0.104. The van der Waals surface area contributed by atoms with Crippen LogP contribution in [0.2, 0.25) is 0 Å². The molecule has 2 heteroatoms. The van der Waals surface area contributed by atoms with Crippen LogP contribution in [0, 0.1) is 0 Å². The number of aromatic nitrogens is 2. The van der Waals surface area contributed by atoms with Crippen LogP contribution in [0.4, 0.5) is 0 Å². The van der Waals surface area contributed by atoms with Crippen molar-refractivity contribution in [1.29, 1.82) is 0 Å². The first-order valence-corrected chi connectivity index (χ1v) is 18.8. The largest absolute Gasteiger partial charge is 0.309 e. The lowest BCUT2D eigenvalue weighted by Gasteiger charge is -2.36. The van der Waals surface area contributed by atoms with Gasteiger partial charge in [0.15, 0.2) is 12.7 Å². The van der Waals surface area contributed by atoms with Crippen molar-refractivity contribution in [2.45, 2.75) is 91.0 Å². The number of hydrogen-bond donors (Lipinski definition) is 0. The molecule has 7 aromatic rings. The van der Waals surface area contributed by atoms with Crippen molar-refractivity contribution in [2.75, 3.05) is 0 Å². The Morgan fingerprint density at radius 3 is 1.69 bits per heavy atom. The van der Waals surface area contributed by atoms with Gasteiger partial charge in [0.1, 0.15) is 0 Å². The van der Waals surface area contributed by atoms with Gasteiger partial charge >= 0.3 is 0 Å². The van der Waals surface area contributed by atoms with Crippen LogP contribution in [0.3, 0.4) is 0 Å². The lowest BCUT2D eigenvalue weighted by Crippen LogP contribution is -2.50. The highest BCUT2D eigenvalue weighted by Gasteiger charge is 2.42. The summed E-state index contributed by atoms with van der Waals surface area (Å²) < 4.78 is 4.99. The summed E-state index contributed by atoms with van der Waals surface area (Å²) in [5.41, 5.74) is 15.9. The van der Waals surface area contributed by atoms with E-state index in [1.54, 1.807) is 0 Å². The van der Waals surface area contributed by atoms with E-state index in [0.717, 1.165) is 19.4 Å². The number of rotatable bonds is 5. The fourth-order valence-corrected chi connectivity index (χ4v) is 8.42. The maximum Gasteiger partial charge on any atom is 0.214 e. The summed E-state index contributed by atoms with van der Waals surface area (Å²) in [6, 6.07) is 46.0. The minimum Gasteiger partial charge on any atom is -0.309 e. The summed E-state index contributed by atoms with van der Waals surface area (Å²) in [5, 5.41) is 2.55. The van der Waals surface area contributed by atoms with E-state index in [9.17, 15) is 0 Å². The number of nitrogens with zero attached hydrogens (tertiary/aromatic N) is 2. The van der Waals surface area contributed by atoms with Crippen molar-refractivity contribution in [3.63, 3.8) is 0 Å². The molecule has 256 valence electrons. The van der Waals surface area contributed by atoms with Crippen LogP contribution >= 0.6 is 0 Å². The van der Waals surface area contributed by atoms with E-state index >= 15 is 0 Å². The highest BCUT2D eigenvalue weighted by molar-refractivity contribution is 6.11. The Bertz CT molecular complexity index is 2410. The first-order chi connectivity index (χ1) is 24.4. The third-order valence-corrected chi connectivity index (χ3v) is 11.8. The summed E-state index contributed by atoms with van der Waals surface area (Å²) in [6.07, 6.45) is 4.58. The Hall–Kier alpha value is -4.95. The highest BCUT2D eigenvalue weighted by atomic mass is 15.0. The van der Waals surface area contributed by atoms with Gasteiger partial charge in [-0.15, -0.1) is 0 Å². The van der Waals surface area contributed by atoms with Gasteiger partial charge in [0.2, 0.25) is 5.69 Å². The summed E-state index contributed by atoms with van der Waals surface area (Å²) in [5.74, 6) is 0. The topological polar surface area (TPSA) is 8.81 Å². The van der Waals surface area contributed by atoms with Gasteiger partial charge in [0, 0.05) is 22.9 Å². The van der Waals surface area contributed by atoms with Crippen LogP contribution in [0.5, 0.6) is 0 Å². The molecule has 0 saturated heterocycles. The van der Waals surface area contributed by atoms with Crippen LogP contribution in [0.1, 0.15) is 84.9 Å². The third-order valence-electron chi connectivity index (χ3n) is 11.8. The molecule has 51 heavy (non-hydrogen) atoms. The van der Waals surface area contributed by atoms with Gasteiger partial charge in [0.25, 0.3) is 0 Å². The Labute approximate surface area is 304 Å². The zero-order valence-electron chi connectivity index (χ0n) is 31.6. The van der Waals surface area contributed by atoms with Gasteiger partial charge in [-0.25, -0.2) is 0 Å². The molecule has 2 aromatic heterocycles. The van der Waals surface area contributed by atoms with E-state index in [1.807, 2.05) is 0 Å². The monoisotopic (exact) mass is 667 g/mol. The number of pyridine rings is 1. The molecular formula is C49H51N2+. The lowest BCUT2D eigenvalue weighted by molar-refractivity contribution is -0.697. The van der Waals surface area contributed by atoms with E-state index in [2.05, 4.69) is 192 Å². The number of hydrogen-bond acceptors (Lipinski definition) is 0. The highest BCUT2D eigenvalue weighted by Crippen LogP contribution is 2.44. The van der Waals surface area contributed by atoms with Crippen LogP contribution in [0.25, 0.3) is 61.0 Å². The summed E-state index contributed by atoms with van der Waals surface area (Å²) in [7, 11) is 0. The molecule has 0 aliphatic carbocycles. The molecule has 0 spiro atoms. The van der Waals surface area contributed by atoms with Crippen LogP contribution in [-0.4, -0.2) is 4.57 Å². The molecule has 0 atom stereocenters. The molecule has 0 fully saturated rings. The van der Waals surface area contributed by atoms with Crippen LogP contribution < -0.4 is 4.57 Å². The molecule has 5 aromatic carbocycles. The quantitative estimate of drug-likeness (QED) is 0.162. The fraction of sp³-hybridized carbons (Fsp3) is 0.286. The molecule has 2 nitrogen and oxygen atoms in total. The Morgan fingerprint density at radius 2 is 1.12 bits per heavy atom. The molecule has 0 radical (unpaired) electrons. The smallest absolute Gasteiger partial charge is 0.214 e. The molecule has 3 heterocycles. The first-order valence-electron chi connectivity index (χ1n) is 18.8. The molecule has 0 N–H and O–H groups in total. The fourth-order valence-electron chi connectivity index (χ4n) is 8.42. The Balaban J connectivity index is 1.34. The van der Waals surface area contributed by atoms with E-state index in [4.69, 9.17) is 0 Å². The van der Waals surface area contributed by atoms with Gasteiger partial charge < -0.3 is 4.57 Å². The van der Waals surface area contributed by atoms with Crippen molar-refractivity contribution in [1.82, 2.24) is 4.57 Å². The van der Waals surface area contributed by atoms with Crippen molar-refractivity contribution >= 4 is 21.8 Å². The molecule has 8 rings (SSSR count). The van der Waals surface area contributed by atoms with Crippen LogP contribution in [-0.2, 0) is 22.8 Å². The van der Waals surface area contributed by atoms with Crippen molar-refractivity contribution in [3.05, 3.63) is 144 Å². The zero-order valence-corrected chi connectivity index (χ0v) is 31.6. The normalized spacial score (nSPS) is 14.1. The van der Waals surface area contributed by atoms with E-state index in [1.165, 1.54) is 77.7 Å². The third kappa shape index (κ3) is 5.60. The second kappa shape index (κ2) is 12.1. The summed E-state index contributed by atoms with van der Waals surface area (Å²) in [4.78, 5) is 0. The first kappa shape index (κ1) is 33.2. The van der Waals surface area contributed by atoms with Crippen molar-refractivity contribution in [3.8, 4) is 39.2 Å². The van der Waals surface area contributed by atoms with Crippen molar-refractivity contribution in [2.24, 2.45) is 0 Å². The molecule has 0 amide bonds. The second-order valence-electron chi connectivity index (χ2n) is 16.9. The zero-order chi connectivity index (χ0) is 35.7. The lowest BCUT2D eigenvalue weighted by atomic mass is 9.69. The van der Waals surface area contributed by atoms with Gasteiger partial charge in [-0.05, 0) is 92.9 Å². The average molecular weight is 668 g/mol. The van der Waals surface area contributed by atoms with Crippen molar-refractivity contribution < 1.29 is 4.57 Å². The SMILES string of the molecule is CCC1(CC)C[n+]2ccc(-n3c4ccc(-c5ccccc5)cc4c4cc(-c5ccc(C(C)(C)C)cc5)ccc43)cc2-c2ccc(C(C)(C)C)cc21. The maximum absolute atomic E-state index is 2.53. The minimum atomic E-state index is 0.104. The predicted molar refractivity (Wildman–Crippen MR) is 217 cm³/mol. The maximum atomic E-state index is 2.53. The average Bonchev–Trinajstić information content (AvgIpc) is 3.46. The Kier molecular flexibility index (Phi) is 7.87. The second-order valence-corrected chi connectivity index (χ2v) is 16.9. The van der Waals surface area contributed by atoms with Gasteiger partial charge in [-0.2, -0.15) is 4.57 Å². The number of benzene rings is 5. The summed E-state index contributed by atoms with van der Waals surface area (Å²) in [6.45, 7) is 19.6. The summed E-state index contributed by atoms with van der Waals surface area (Å²) >= 11 is 0. The molecular weight excluding hydrogens is 617 g/mol. The molecule has 0 unspecified atom stereocenters. The van der Waals surface area contributed by atoms with Gasteiger partial charge in [-0.1, -0.05) is 134 Å². The van der Waals surface area contributed by atoms with E-state index in [0.29, 0.717) is 0 Å². The van der Waals surface area contributed by atoms with Gasteiger partial charge in [-0.3, -0.25) is 0 Å².